The summed E-state index contributed by atoms with van der Waals surface area (Å²) in [6, 6.07) is 15.2. The topological polar surface area (TPSA) is 113 Å². The van der Waals surface area contributed by atoms with Gasteiger partial charge < -0.3 is 18.1 Å². The van der Waals surface area contributed by atoms with Gasteiger partial charge in [-0.05, 0) is 37.1 Å². The zero-order valence-electron chi connectivity index (χ0n) is 17.7. The maximum atomic E-state index is 13.4. The predicted molar refractivity (Wildman–Crippen MR) is 118 cm³/mol. The van der Waals surface area contributed by atoms with E-state index in [4.69, 9.17) is 18.1 Å². The molecule has 8 nitrogen and oxygen atoms in total. The highest BCUT2D eigenvalue weighted by atomic mass is 16.5. The Bertz CT molecular complexity index is 1590. The Morgan fingerprint density at radius 2 is 1.82 bits per heavy atom. The lowest BCUT2D eigenvalue weighted by Crippen LogP contribution is -2.05. The first-order valence-electron chi connectivity index (χ1n) is 10.2. The molecule has 0 saturated heterocycles. The summed E-state index contributed by atoms with van der Waals surface area (Å²) in [5, 5.41) is 4.86. The number of rotatable bonds is 5. The van der Waals surface area contributed by atoms with Crippen molar-refractivity contribution < 1.29 is 27.7 Å². The van der Waals surface area contributed by atoms with Gasteiger partial charge in [-0.3, -0.25) is 4.79 Å². The summed E-state index contributed by atoms with van der Waals surface area (Å²) in [4.78, 5) is 37.5. The summed E-state index contributed by atoms with van der Waals surface area (Å²) in [6.07, 6.45) is 0. The number of carbonyl (C=O) groups is 2. The van der Waals surface area contributed by atoms with E-state index in [1.165, 1.54) is 12.1 Å². The molecule has 5 rings (SSSR count). The second kappa shape index (κ2) is 7.90. The molecule has 0 aliphatic rings. The second-order valence-corrected chi connectivity index (χ2v) is 7.36. The van der Waals surface area contributed by atoms with Gasteiger partial charge in [0.05, 0.1) is 12.0 Å². The quantitative estimate of drug-likeness (QED) is 0.214. The van der Waals surface area contributed by atoms with Crippen molar-refractivity contribution in [3.63, 3.8) is 0 Å². The smallest absolute Gasteiger partial charge is 0.360 e. The van der Waals surface area contributed by atoms with Crippen molar-refractivity contribution >= 4 is 33.7 Å². The summed E-state index contributed by atoms with van der Waals surface area (Å²) >= 11 is 0. The maximum Gasteiger partial charge on any atom is 0.360 e. The van der Waals surface area contributed by atoms with Crippen LogP contribution in [-0.2, 0) is 4.74 Å². The molecular formula is C25H17NO7. The normalized spacial score (nSPS) is 11.2. The number of carbonyl (C=O) groups excluding carboxylic acids is 2. The van der Waals surface area contributed by atoms with Crippen LogP contribution in [0.25, 0.3) is 33.1 Å². The van der Waals surface area contributed by atoms with Gasteiger partial charge in [-0.2, -0.15) is 0 Å². The SMILES string of the molecule is CCOC(=O)c1cc(C(=O)c2oc3ccc4c(C)cc(=O)oc4c3c2-c2ccccc2)on1. The minimum absolute atomic E-state index is 0.0283. The molecule has 0 spiro atoms. The molecule has 8 heteroatoms. The molecule has 0 bridgehead atoms. The highest BCUT2D eigenvalue weighted by molar-refractivity contribution is 6.19. The lowest BCUT2D eigenvalue weighted by molar-refractivity contribution is 0.0514. The fourth-order valence-electron chi connectivity index (χ4n) is 3.80. The van der Waals surface area contributed by atoms with Crippen molar-refractivity contribution in [2.24, 2.45) is 0 Å². The second-order valence-electron chi connectivity index (χ2n) is 7.36. The summed E-state index contributed by atoms with van der Waals surface area (Å²) in [5.74, 6) is -1.52. The fourth-order valence-corrected chi connectivity index (χ4v) is 3.80. The number of ether oxygens (including phenoxy) is 1. The molecule has 0 fully saturated rings. The van der Waals surface area contributed by atoms with Gasteiger partial charge in [0.2, 0.25) is 5.76 Å². The molecule has 5 aromatic rings. The van der Waals surface area contributed by atoms with Crippen LogP contribution >= 0.6 is 0 Å². The van der Waals surface area contributed by atoms with Crippen LogP contribution in [0.5, 0.6) is 0 Å². The molecular weight excluding hydrogens is 426 g/mol. The van der Waals surface area contributed by atoms with Gasteiger partial charge in [0.15, 0.2) is 11.5 Å². The zero-order chi connectivity index (χ0) is 23.1. The number of benzene rings is 2. The molecule has 2 aromatic carbocycles. The molecule has 0 atom stereocenters. The molecule has 0 amide bonds. The average molecular weight is 443 g/mol. The van der Waals surface area contributed by atoms with Crippen LogP contribution in [0.1, 0.15) is 39.3 Å². The zero-order valence-corrected chi connectivity index (χ0v) is 17.7. The maximum absolute atomic E-state index is 13.4. The van der Waals surface area contributed by atoms with E-state index in [1.54, 1.807) is 19.1 Å². The Kier molecular flexibility index (Phi) is 4.90. The van der Waals surface area contributed by atoms with Crippen molar-refractivity contribution in [1.29, 1.82) is 0 Å². The van der Waals surface area contributed by atoms with Crippen LogP contribution in [-0.4, -0.2) is 23.5 Å². The van der Waals surface area contributed by atoms with Crippen molar-refractivity contribution in [3.8, 4) is 11.1 Å². The molecule has 3 aromatic heterocycles. The van der Waals surface area contributed by atoms with Gasteiger partial charge in [0.25, 0.3) is 5.78 Å². The minimum Gasteiger partial charge on any atom is -0.461 e. The van der Waals surface area contributed by atoms with Gasteiger partial charge in [0.1, 0.15) is 11.2 Å². The number of nitrogens with zero attached hydrogens (tertiary/aromatic N) is 1. The largest absolute Gasteiger partial charge is 0.461 e. The summed E-state index contributed by atoms with van der Waals surface area (Å²) in [6.45, 7) is 3.63. The molecule has 3 heterocycles. The molecule has 164 valence electrons. The van der Waals surface area contributed by atoms with Crippen molar-refractivity contribution in [3.05, 3.63) is 87.8 Å². The molecule has 0 saturated carbocycles. The summed E-state index contributed by atoms with van der Waals surface area (Å²) in [5.41, 5.74) is 1.93. The van der Waals surface area contributed by atoms with Gasteiger partial charge in [-0.1, -0.05) is 35.5 Å². The van der Waals surface area contributed by atoms with Gasteiger partial charge in [-0.15, -0.1) is 0 Å². The van der Waals surface area contributed by atoms with Crippen molar-refractivity contribution in [1.82, 2.24) is 5.16 Å². The molecule has 0 aliphatic heterocycles. The number of esters is 1. The van der Waals surface area contributed by atoms with Crippen LogP contribution < -0.4 is 5.63 Å². The van der Waals surface area contributed by atoms with E-state index in [0.717, 1.165) is 10.9 Å². The molecule has 0 N–H and O–H groups in total. The van der Waals surface area contributed by atoms with E-state index < -0.39 is 17.4 Å². The third kappa shape index (κ3) is 3.41. The molecule has 0 radical (unpaired) electrons. The lowest BCUT2D eigenvalue weighted by Gasteiger charge is -2.04. The van der Waals surface area contributed by atoms with Crippen LogP contribution in [0.2, 0.25) is 0 Å². The fraction of sp³-hybridized carbons (Fsp3) is 0.120. The molecule has 33 heavy (non-hydrogen) atoms. The van der Waals surface area contributed by atoms with Gasteiger partial charge in [-0.25, -0.2) is 9.59 Å². The van der Waals surface area contributed by atoms with Crippen molar-refractivity contribution in [2.45, 2.75) is 13.8 Å². The Hall–Kier alpha value is -4.46. The first-order chi connectivity index (χ1) is 16.0. The van der Waals surface area contributed by atoms with Gasteiger partial charge in [0, 0.05) is 23.1 Å². The van der Waals surface area contributed by atoms with E-state index in [1.807, 2.05) is 37.3 Å². The first-order valence-corrected chi connectivity index (χ1v) is 10.2. The van der Waals surface area contributed by atoms with Crippen LogP contribution in [0, 0.1) is 6.92 Å². The summed E-state index contributed by atoms with van der Waals surface area (Å²) in [7, 11) is 0. The Morgan fingerprint density at radius 1 is 1.03 bits per heavy atom. The number of aryl methyl sites for hydroxylation is 1. The van der Waals surface area contributed by atoms with Crippen molar-refractivity contribution in [2.75, 3.05) is 6.61 Å². The number of ketones is 1. The summed E-state index contributed by atoms with van der Waals surface area (Å²) < 4.78 is 21.5. The molecule has 0 unspecified atom stereocenters. The van der Waals surface area contributed by atoms with E-state index in [-0.39, 0.29) is 23.8 Å². The van der Waals surface area contributed by atoms with E-state index >= 15 is 0 Å². The monoisotopic (exact) mass is 443 g/mol. The lowest BCUT2D eigenvalue weighted by atomic mass is 9.97. The minimum atomic E-state index is -0.698. The Labute approximate surface area is 186 Å². The Balaban J connectivity index is 1.78. The third-order valence-corrected chi connectivity index (χ3v) is 5.26. The number of aromatic nitrogens is 1. The average Bonchev–Trinajstić information content (AvgIpc) is 3.45. The number of hydrogen-bond acceptors (Lipinski definition) is 8. The van der Waals surface area contributed by atoms with Crippen LogP contribution in [0.3, 0.4) is 0 Å². The third-order valence-electron chi connectivity index (χ3n) is 5.26. The number of hydrogen-bond donors (Lipinski definition) is 0. The van der Waals surface area contributed by atoms with E-state index in [2.05, 4.69) is 5.16 Å². The number of furan rings is 1. The number of fused-ring (bicyclic) bond motifs is 3. The molecule has 0 aliphatic carbocycles. The standard InChI is InChI=1S/C25H17NO7/c1-3-30-25(29)16-12-18(33-26-16)22(28)24-20(14-7-5-4-6-8-14)21-17(31-24)10-9-15-13(2)11-19(27)32-23(15)21/h4-12H,3H2,1-2H3. The van der Waals surface area contributed by atoms with Crippen LogP contribution in [0.4, 0.5) is 0 Å². The predicted octanol–water partition coefficient (Wildman–Crippen LogP) is 4.91. The van der Waals surface area contributed by atoms with E-state index in [0.29, 0.717) is 27.7 Å². The highest BCUT2D eigenvalue weighted by Gasteiger charge is 2.29. The van der Waals surface area contributed by atoms with Gasteiger partial charge >= 0.3 is 11.6 Å². The highest BCUT2D eigenvalue weighted by Crippen LogP contribution is 2.40. The Morgan fingerprint density at radius 3 is 2.58 bits per heavy atom. The van der Waals surface area contributed by atoms with Crippen LogP contribution in [0.15, 0.2) is 72.7 Å². The van der Waals surface area contributed by atoms with E-state index in [9.17, 15) is 14.4 Å². The first kappa shape index (κ1) is 20.4.